The van der Waals surface area contributed by atoms with Crippen LogP contribution in [-0.4, -0.2) is 11.1 Å². The number of aromatic nitrogens is 1. The van der Waals surface area contributed by atoms with Gasteiger partial charge in [-0.3, -0.25) is 4.79 Å². The topological polar surface area (TPSA) is 81.2 Å². The van der Waals surface area contributed by atoms with Crippen LogP contribution >= 0.6 is 0 Å². The monoisotopic (exact) mass is 259 g/mol. The summed E-state index contributed by atoms with van der Waals surface area (Å²) in [6.07, 6.45) is 0. The molecule has 1 amide bonds. The van der Waals surface area contributed by atoms with E-state index in [0.29, 0.717) is 22.7 Å². The summed E-state index contributed by atoms with van der Waals surface area (Å²) in [7, 11) is 0. The highest BCUT2D eigenvalue weighted by molar-refractivity contribution is 5.96. The van der Waals surface area contributed by atoms with E-state index in [0.717, 1.165) is 5.56 Å². The molecule has 0 saturated carbocycles. The van der Waals surface area contributed by atoms with Gasteiger partial charge in [-0.05, 0) is 38.5 Å². The number of aryl methyl sites for hydroxylation is 2. The molecular formula is C14H17N3O2. The number of amides is 1. The minimum Gasteiger partial charge on any atom is -0.399 e. The lowest BCUT2D eigenvalue weighted by molar-refractivity contribution is 0.0938. The first kappa shape index (κ1) is 13.1. The summed E-state index contributed by atoms with van der Waals surface area (Å²) >= 11 is 0. The van der Waals surface area contributed by atoms with Crippen molar-refractivity contribution in [2.45, 2.75) is 26.8 Å². The zero-order valence-corrected chi connectivity index (χ0v) is 11.2. The highest BCUT2D eigenvalue weighted by atomic mass is 16.5. The van der Waals surface area contributed by atoms with Crippen LogP contribution < -0.4 is 11.1 Å². The molecule has 19 heavy (non-hydrogen) atoms. The van der Waals surface area contributed by atoms with Crippen LogP contribution in [0.4, 0.5) is 5.69 Å². The molecule has 1 heterocycles. The number of nitrogens with one attached hydrogen (secondary N) is 1. The van der Waals surface area contributed by atoms with Gasteiger partial charge in [0.1, 0.15) is 11.3 Å². The Kier molecular flexibility index (Phi) is 3.55. The van der Waals surface area contributed by atoms with Crippen LogP contribution in [0.5, 0.6) is 0 Å². The maximum absolute atomic E-state index is 12.2. The lowest BCUT2D eigenvalue weighted by atomic mass is 10.1. The summed E-state index contributed by atoms with van der Waals surface area (Å²) in [5.74, 6) is 0.347. The van der Waals surface area contributed by atoms with Gasteiger partial charge in [-0.1, -0.05) is 17.3 Å². The van der Waals surface area contributed by atoms with Crippen LogP contribution in [0.2, 0.25) is 0 Å². The molecule has 0 aliphatic rings. The first-order valence-electron chi connectivity index (χ1n) is 6.08. The van der Waals surface area contributed by atoms with Crippen molar-refractivity contribution in [3.8, 4) is 0 Å². The average molecular weight is 259 g/mol. The van der Waals surface area contributed by atoms with E-state index in [1.807, 2.05) is 31.2 Å². The van der Waals surface area contributed by atoms with Gasteiger partial charge in [0.05, 0.1) is 11.7 Å². The number of anilines is 1. The second-order valence-corrected chi connectivity index (χ2v) is 4.56. The largest absolute Gasteiger partial charge is 0.399 e. The first-order valence-corrected chi connectivity index (χ1v) is 6.08. The van der Waals surface area contributed by atoms with Gasteiger partial charge in [0.25, 0.3) is 5.91 Å². The Morgan fingerprint density at radius 1 is 1.32 bits per heavy atom. The van der Waals surface area contributed by atoms with Gasteiger partial charge in [0.15, 0.2) is 0 Å². The third-order valence-electron chi connectivity index (χ3n) is 3.04. The van der Waals surface area contributed by atoms with E-state index in [1.54, 1.807) is 13.8 Å². The minimum absolute atomic E-state index is 0.109. The molecule has 2 rings (SSSR count). The molecule has 100 valence electrons. The molecule has 0 aliphatic heterocycles. The number of benzene rings is 1. The van der Waals surface area contributed by atoms with Gasteiger partial charge < -0.3 is 15.6 Å². The van der Waals surface area contributed by atoms with Gasteiger partial charge in [0.2, 0.25) is 0 Å². The number of carbonyl (C=O) groups excluding carboxylic acids is 1. The zero-order chi connectivity index (χ0) is 14.0. The van der Waals surface area contributed by atoms with Crippen LogP contribution in [0.1, 0.15) is 40.3 Å². The number of nitrogens with two attached hydrogens (primary N) is 1. The van der Waals surface area contributed by atoms with E-state index < -0.39 is 0 Å². The summed E-state index contributed by atoms with van der Waals surface area (Å²) in [4.78, 5) is 12.2. The summed E-state index contributed by atoms with van der Waals surface area (Å²) in [6, 6.07) is 7.31. The number of hydrogen-bond acceptors (Lipinski definition) is 4. The Morgan fingerprint density at radius 2 is 1.95 bits per heavy atom. The van der Waals surface area contributed by atoms with E-state index in [9.17, 15) is 4.79 Å². The van der Waals surface area contributed by atoms with Gasteiger partial charge in [-0.15, -0.1) is 0 Å². The van der Waals surface area contributed by atoms with Crippen molar-refractivity contribution in [2.24, 2.45) is 0 Å². The molecule has 5 nitrogen and oxygen atoms in total. The standard InChI is InChI=1S/C14H17N3O2/c1-8(11-4-6-12(15)7-5-11)16-14(18)13-9(2)17-19-10(13)3/h4-8H,15H2,1-3H3,(H,16,18). The quantitative estimate of drug-likeness (QED) is 0.829. The van der Waals surface area contributed by atoms with Crippen LogP contribution in [0.3, 0.4) is 0 Å². The van der Waals surface area contributed by atoms with Gasteiger partial charge in [-0.2, -0.15) is 0 Å². The number of rotatable bonds is 3. The van der Waals surface area contributed by atoms with E-state index >= 15 is 0 Å². The normalized spacial score (nSPS) is 12.2. The average Bonchev–Trinajstić information content (AvgIpc) is 2.69. The minimum atomic E-state index is -0.180. The fourth-order valence-corrected chi connectivity index (χ4v) is 1.94. The molecule has 0 fully saturated rings. The summed E-state index contributed by atoms with van der Waals surface area (Å²) in [5.41, 5.74) is 8.43. The van der Waals surface area contributed by atoms with Crippen LogP contribution in [-0.2, 0) is 0 Å². The Labute approximate surface area is 111 Å². The summed E-state index contributed by atoms with van der Waals surface area (Å²) < 4.78 is 4.99. The molecule has 0 aliphatic carbocycles. The van der Waals surface area contributed by atoms with Crippen molar-refractivity contribution >= 4 is 11.6 Å². The molecule has 1 unspecified atom stereocenters. The first-order chi connectivity index (χ1) is 8.99. The van der Waals surface area contributed by atoms with Crippen molar-refractivity contribution in [1.29, 1.82) is 0 Å². The lowest BCUT2D eigenvalue weighted by Gasteiger charge is -2.14. The fourth-order valence-electron chi connectivity index (χ4n) is 1.94. The molecule has 1 aromatic heterocycles. The van der Waals surface area contributed by atoms with Crippen molar-refractivity contribution < 1.29 is 9.32 Å². The molecule has 0 spiro atoms. The third kappa shape index (κ3) is 2.76. The van der Waals surface area contributed by atoms with Crippen molar-refractivity contribution in [1.82, 2.24) is 10.5 Å². The maximum Gasteiger partial charge on any atom is 0.257 e. The molecule has 0 bridgehead atoms. The molecule has 1 atom stereocenters. The molecule has 1 aromatic carbocycles. The number of carbonyl (C=O) groups is 1. The number of hydrogen-bond donors (Lipinski definition) is 2. The number of nitrogen functional groups attached to an aromatic ring is 1. The second kappa shape index (κ2) is 5.14. The lowest BCUT2D eigenvalue weighted by Crippen LogP contribution is -2.27. The smallest absolute Gasteiger partial charge is 0.257 e. The number of nitrogens with zero attached hydrogens (tertiary/aromatic N) is 1. The Hall–Kier alpha value is -2.30. The predicted octanol–water partition coefficient (Wildman–Crippen LogP) is 2.36. The maximum atomic E-state index is 12.2. The zero-order valence-electron chi connectivity index (χ0n) is 11.2. The second-order valence-electron chi connectivity index (χ2n) is 4.56. The van der Waals surface area contributed by atoms with Crippen LogP contribution in [0.25, 0.3) is 0 Å². The van der Waals surface area contributed by atoms with Crippen molar-refractivity contribution in [2.75, 3.05) is 5.73 Å². The van der Waals surface area contributed by atoms with E-state index in [-0.39, 0.29) is 11.9 Å². The van der Waals surface area contributed by atoms with Gasteiger partial charge in [-0.25, -0.2) is 0 Å². The molecular weight excluding hydrogens is 242 g/mol. The molecule has 5 heteroatoms. The highest BCUT2D eigenvalue weighted by Crippen LogP contribution is 2.17. The van der Waals surface area contributed by atoms with Crippen LogP contribution in [0.15, 0.2) is 28.8 Å². The predicted molar refractivity (Wildman–Crippen MR) is 72.7 cm³/mol. The Balaban J connectivity index is 2.13. The van der Waals surface area contributed by atoms with Gasteiger partial charge in [0, 0.05) is 5.69 Å². The summed E-state index contributed by atoms with van der Waals surface area (Å²) in [6.45, 7) is 5.39. The third-order valence-corrected chi connectivity index (χ3v) is 3.04. The Morgan fingerprint density at radius 3 is 2.47 bits per heavy atom. The molecule has 0 saturated heterocycles. The van der Waals surface area contributed by atoms with Crippen molar-refractivity contribution in [3.63, 3.8) is 0 Å². The van der Waals surface area contributed by atoms with Crippen LogP contribution in [0, 0.1) is 13.8 Å². The van der Waals surface area contributed by atoms with E-state index in [2.05, 4.69) is 10.5 Å². The van der Waals surface area contributed by atoms with Gasteiger partial charge >= 0.3 is 0 Å². The SMILES string of the molecule is Cc1noc(C)c1C(=O)NC(C)c1ccc(N)cc1. The fraction of sp³-hybridized carbons (Fsp3) is 0.286. The van der Waals surface area contributed by atoms with Crippen molar-refractivity contribution in [3.05, 3.63) is 46.8 Å². The van der Waals surface area contributed by atoms with E-state index in [4.69, 9.17) is 10.3 Å². The summed E-state index contributed by atoms with van der Waals surface area (Å²) in [5, 5.41) is 6.70. The molecule has 0 radical (unpaired) electrons. The molecule has 3 N–H and O–H groups in total. The highest BCUT2D eigenvalue weighted by Gasteiger charge is 2.19. The molecule has 2 aromatic rings. The van der Waals surface area contributed by atoms with E-state index in [1.165, 1.54) is 0 Å². The Bertz CT molecular complexity index is 568.